The SMILES string of the molecule is CC12CC(F)(F)CC1CC1(C2)OCCO1. The normalized spacial score (nSPS) is 46.2. The summed E-state index contributed by atoms with van der Waals surface area (Å²) in [5.41, 5.74) is -0.284. The van der Waals surface area contributed by atoms with Crippen molar-refractivity contribution in [3.05, 3.63) is 0 Å². The van der Waals surface area contributed by atoms with Crippen molar-refractivity contribution < 1.29 is 18.3 Å². The maximum Gasteiger partial charge on any atom is 0.249 e. The smallest absolute Gasteiger partial charge is 0.249 e. The molecule has 2 unspecified atom stereocenters. The minimum Gasteiger partial charge on any atom is -0.348 e. The van der Waals surface area contributed by atoms with Crippen LogP contribution in [-0.4, -0.2) is 24.9 Å². The molecule has 0 aromatic heterocycles. The van der Waals surface area contributed by atoms with E-state index < -0.39 is 11.7 Å². The van der Waals surface area contributed by atoms with Crippen molar-refractivity contribution in [1.29, 1.82) is 0 Å². The zero-order chi connectivity index (χ0) is 10.7. The van der Waals surface area contributed by atoms with Gasteiger partial charge in [0.15, 0.2) is 5.79 Å². The molecule has 0 radical (unpaired) electrons. The van der Waals surface area contributed by atoms with Gasteiger partial charge in [-0.3, -0.25) is 0 Å². The van der Waals surface area contributed by atoms with Crippen LogP contribution < -0.4 is 0 Å². The van der Waals surface area contributed by atoms with Crippen LogP contribution in [0.25, 0.3) is 0 Å². The Balaban J connectivity index is 1.83. The van der Waals surface area contributed by atoms with E-state index in [0.29, 0.717) is 26.1 Å². The van der Waals surface area contributed by atoms with Crippen LogP contribution in [0.1, 0.15) is 32.6 Å². The Kier molecular flexibility index (Phi) is 1.81. The molecule has 2 atom stereocenters. The molecule has 2 saturated carbocycles. The highest BCUT2D eigenvalue weighted by Gasteiger charge is 2.63. The summed E-state index contributed by atoms with van der Waals surface area (Å²) in [6.07, 6.45) is 1.30. The van der Waals surface area contributed by atoms with Gasteiger partial charge in [-0.2, -0.15) is 0 Å². The average molecular weight is 218 g/mol. The molecule has 3 aliphatic rings. The first kappa shape index (κ1) is 9.97. The quantitative estimate of drug-likeness (QED) is 0.622. The largest absolute Gasteiger partial charge is 0.348 e. The summed E-state index contributed by atoms with van der Waals surface area (Å²) in [5, 5.41) is 0. The molecule has 0 N–H and O–H groups in total. The van der Waals surface area contributed by atoms with Gasteiger partial charge in [-0.15, -0.1) is 0 Å². The van der Waals surface area contributed by atoms with Gasteiger partial charge in [0.25, 0.3) is 0 Å². The van der Waals surface area contributed by atoms with Gasteiger partial charge in [-0.25, -0.2) is 8.78 Å². The highest BCUT2D eigenvalue weighted by molar-refractivity contribution is 5.06. The minimum absolute atomic E-state index is 0.000856. The second-order valence-electron chi connectivity index (χ2n) is 5.58. The summed E-state index contributed by atoms with van der Waals surface area (Å²) in [6, 6.07) is 0. The number of rotatable bonds is 0. The van der Waals surface area contributed by atoms with Crippen molar-refractivity contribution in [1.82, 2.24) is 0 Å². The van der Waals surface area contributed by atoms with Crippen molar-refractivity contribution in [3.8, 4) is 0 Å². The third-order valence-electron chi connectivity index (χ3n) is 4.24. The maximum absolute atomic E-state index is 13.3. The first-order chi connectivity index (χ1) is 6.93. The van der Waals surface area contributed by atoms with E-state index in [4.69, 9.17) is 9.47 Å². The van der Waals surface area contributed by atoms with Crippen LogP contribution in [0.3, 0.4) is 0 Å². The lowest BCUT2D eigenvalue weighted by molar-refractivity contribution is -0.163. The molecule has 3 fully saturated rings. The highest BCUT2D eigenvalue weighted by atomic mass is 19.3. The van der Waals surface area contributed by atoms with Gasteiger partial charge in [0.1, 0.15) is 0 Å². The van der Waals surface area contributed by atoms with E-state index in [9.17, 15) is 8.78 Å². The molecule has 1 heterocycles. The summed E-state index contributed by atoms with van der Waals surface area (Å²) in [7, 11) is 0. The molecule has 0 aromatic rings. The minimum atomic E-state index is -2.47. The van der Waals surface area contributed by atoms with Crippen LogP contribution in [0.15, 0.2) is 0 Å². The molecule has 0 amide bonds. The van der Waals surface area contributed by atoms with Crippen LogP contribution in [0.4, 0.5) is 8.78 Å². The molecular formula is C11H16F2O2. The number of halogens is 2. The van der Waals surface area contributed by atoms with Gasteiger partial charge in [0.05, 0.1) is 13.2 Å². The fourth-order valence-electron chi connectivity index (χ4n) is 3.72. The van der Waals surface area contributed by atoms with Crippen molar-refractivity contribution in [2.24, 2.45) is 11.3 Å². The molecular weight excluding hydrogens is 202 g/mol. The Hall–Kier alpha value is -0.220. The zero-order valence-electron chi connectivity index (χ0n) is 8.89. The van der Waals surface area contributed by atoms with Crippen LogP contribution in [-0.2, 0) is 9.47 Å². The second kappa shape index (κ2) is 2.72. The van der Waals surface area contributed by atoms with Crippen molar-refractivity contribution >= 4 is 0 Å². The molecule has 1 aliphatic heterocycles. The average Bonchev–Trinajstić information content (AvgIpc) is 2.62. The predicted molar refractivity (Wildman–Crippen MR) is 49.6 cm³/mol. The summed E-state index contributed by atoms with van der Waals surface area (Å²) < 4.78 is 37.8. The molecule has 0 aromatic carbocycles. The summed E-state index contributed by atoms with van der Waals surface area (Å²) in [5.74, 6) is -2.93. The molecule has 15 heavy (non-hydrogen) atoms. The summed E-state index contributed by atoms with van der Waals surface area (Å²) in [4.78, 5) is 0. The zero-order valence-corrected chi connectivity index (χ0v) is 8.89. The van der Waals surface area contributed by atoms with E-state index in [-0.39, 0.29) is 24.2 Å². The van der Waals surface area contributed by atoms with Gasteiger partial charge in [0, 0.05) is 25.7 Å². The number of hydrogen-bond acceptors (Lipinski definition) is 2. The molecule has 2 aliphatic carbocycles. The lowest BCUT2D eigenvalue weighted by Gasteiger charge is -2.26. The first-order valence-corrected chi connectivity index (χ1v) is 5.59. The van der Waals surface area contributed by atoms with E-state index in [1.807, 2.05) is 6.92 Å². The summed E-state index contributed by atoms with van der Waals surface area (Å²) >= 11 is 0. The third kappa shape index (κ3) is 1.41. The van der Waals surface area contributed by atoms with E-state index >= 15 is 0 Å². The maximum atomic E-state index is 13.3. The molecule has 4 heteroatoms. The molecule has 2 nitrogen and oxygen atoms in total. The van der Waals surface area contributed by atoms with Crippen LogP contribution in [0, 0.1) is 11.3 Å². The van der Waals surface area contributed by atoms with E-state index in [2.05, 4.69) is 0 Å². The van der Waals surface area contributed by atoms with Crippen LogP contribution >= 0.6 is 0 Å². The standard InChI is InChI=1S/C11H16F2O2/c1-9-6-10(12,13)4-8(9)5-11(7-9)14-2-3-15-11/h8H,2-7H2,1H3. The monoisotopic (exact) mass is 218 g/mol. The van der Waals surface area contributed by atoms with Gasteiger partial charge in [-0.1, -0.05) is 6.92 Å². The van der Waals surface area contributed by atoms with Gasteiger partial charge < -0.3 is 9.47 Å². The lowest BCUT2D eigenvalue weighted by atomic mass is 9.83. The topological polar surface area (TPSA) is 18.5 Å². The van der Waals surface area contributed by atoms with Crippen molar-refractivity contribution in [3.63, 3.8) is 0 Å². The Morgan fingerprint density at radius 3 is 2.33 bits per heavy atom. The van der Waals surface area contributed by atoms with E-state index in [1.165, 1.54) is 0 Å². The Labute approximate surface area is 87.9 Å². The van der Waals surface area contributed by atoms with E-state index in [0.717, 1.165) is 0 Å². The summed E-state index contributed by atoms with van der Waals surface area (Å²) in [6.45, 7) is 3.18. The molecule has 3 rings (SSSR count). The highest BCUT2D eigenvalue weighted by Crippen LogP contribution is 2.63. The Bertz CT molecular complexity index is 286. The van der Waals surface area contributed by atoms with Gasteiger partial charge in [0.2, 0.25) is 5.92 Å². The van der Waals surface area contributed by atoms with Crippen molar-refractivity contribution in [2.75, 3.05) is 13.2 Å². The number of alkyl halides is 2. The van der Waals surface area contributed by atoms with E-state index in [1.54, 1.807) is 0 Å². The van der Waals surface area contributed by atoms with Gasteiger partial charge >= 0.3 is 0 Å². The Morgan fingerprint density at radius 1 is 1.07 bits per heavy atom. The number of ether oxygens (including phenoxy) is 2. The third-order valence-corrected chi connectivity index (χ3v) is 4.24. The molecule has 0 bridgehead atoms. The van der Waals surface area contributed by atoms with Crippen LogP contribution in [0.2, 0.25) is 0 Å². The molecule has 1 spiro atoms. The Morgan fingerprint density at radius 2 is 1.73 bits per heavy atom. The molecule has 1 saturated heterocycles. The fraction of sp³-hybridized carbons (Fsp3) is 1.00. The van der Waals surface area contributed by atoms with Gasteiger partial charge in [-0.05, 0) is 11.3 Å². The van der Waals surface area contributed by atoms with Crippen molar-refractivity contribution in [2.45, 2.75) is 44.3 Å². The van der Waals surface area contributed by atoms with Crippen LogP contribution in [0.5, 0.6) is 0 Å². The fourth-order valence-corrected chi connectivity index (χ4v) is 3.72. The predicted octanol–water partition coefficient (Wildman–Crippen LogP) is 2.57. The first-order valence-electron chi connectivity index (χ1n) is 5.59. The molecule has 86 valence electrons. The lowest BCUT2D eigenvalue weighted by Crippen LogP contribution is -2.30. The number of fused-ring (bicyclic) bond motifs is 1. The number of hydrogen-bond donors (Lipinski definition) is 0. The second-order valence-corrected chi connectivity index (χ2v) is 5.58.